The van der Waals surface area contributed by atoms with Gasteiger partial charge in [0.25, 0.3) is 0 Å². The van der Waals surface area contributed by atoms with E-state index < -0.39 is 0 Å². The average molecular weight is 268 g/mol. The van der Waals surface area contributed by atoms with Gasteiger partial charge in [0.1, 0.15) is 5.52 Å². The van der Waals surface area contributed by atoms with Gasteiger partial charge >= 0.3 is 0 Å². The van der Waals surface area contributed by atoms with Gasteiger partial charge in [-0.2, -0.15) is 0 Å². The molecular weight excluding hydrogens is 252 g/mol. The Morgan fingerprint density at radius 2 is 1.95 bits per heavy atom. The van der Waals surface area contributed by atoms with Crippen molar-refractivity contribution in [3.8, 4) is 0 Å². The average Bonchev–Trinajstić information content (AvgIpc) is 2.83. The number of benzene rings is 1. The highest BCUT2D eigenvalue weighted by molar-refractivity contribution is 5.85. The third-order valence-corrected chi connectivity index (χ3v) is 3.10. The summed E-state index contributed by atoms with van der Waals surface area (Å²) in [4.78, 5) is 10.6. The first kappa shape index (κ1) is 12.6. The molecule has 2 heterocycles. The summed E-state index contributed by atoms with van der Waals surface area (Å²) in [7, 11) is 2.03. The molecule has 0 spiro atoms. The maximum absolute atomic E-state index is 5.88. The van der Waals surface area contributed by atoms with Crippen molar-refractivity contribution in [2.24, 2.45) is 0 Å². The summed E-state index contributed by atoms with van der Waals surface area (Å²) in [5.41, 5.74) is 9.20. The Labute approximate surface area is 117 Å². The molecule has 1 aromatic carbocycles. The molecule has 0 radical (unpaired) electrons. The van der Waals surface area contributed by atoms with Gasteiger partial charge in [0, 0.05) is 18.9 Å². The Kier molecular flexibility index (Phi) is 3.35. The molecule has 5 heteroatoms. The Balaban J connectivity index is 1.74. The predicted molar refractivity (Wildman–Crippen MR) is 77.8 cm³/mol. The summed E-state index contributed by atoms with van der Waals surface area (Å²) in [5.74, 6) is 0.675. The molecule has 0 atom stereocenters. The minimum atomic E-state index is 0.635. The molecule has 0 saturated carbocycles. The van der Waals surface area contributed by atoms with Gasteiger partial charge in [-0.05, 0) is 36.9 Å². The van der Waals surface area contributed by atoms with E-state index in [2.05, 4.69) is 14.9 Å². The molecule has 2 N–H and O–H groups in total. The van der Waals surface area contributed by atoms with Crippen molar-refractivity contribution in [1.82, 2.24) is 14.9 Å². The molecule has 0 fully saturated rings. The van der Waals surface area contributed by atoms with Gasteiger partial charge in [-0.15, -0.1) is 0 Å². The first-order valence-corrected chi connectivity index (χ1v) is 6.44. The van der Waals surface area contributed by atoms with Crippen LogP contribution in [-0.4, -0.2) is 21.9 Å². The Bertz CT molecular complexity index is 708. The fourth-order valence-electron chi connectivity index (χ4n) is 2.17. The number of para-hydroxylation sites is 1. The molecule has 0 amide bonds. The first-order chi connectivity index (χ1) is 9.72. The number of nitrogens with two attached hydrogens (primary N) is 1. The van der Waals surface area contributed by atoms with Gasteiger partial charge in [0.2, 0.25) is 5.89 Å². The number of hydrogen-bond donors (Lipinski definition) is 1. The zero-order valence-corrected chi connectivity index (χ0v) is 11.3. The van der Waals surface area contributed by atoms with E-state index in [0.717, 1.165) is 17.6 Å². The lowest BCUT2D eigenvalue weighted by molar-refractivity contribution is 0.285. The largest absolute Gasteiger partial charge is 0.439 e. The predicted octanol–water partition coefficient (Wildman–Crippen LogP) is 2.44. The second-order valence-electron chi connectivity index (χ2n) is 4.83. The Morgan fingerprint density at radius 3 is 2.70 bits per heavy atom. The van der Waals surface area contributed by atoms with Crippen molar-refractivity contribution in [2.45, 2.75) is 13.1 Å². The van der Waals surface area contributed by atoms with Crippen molar-refractivity contribution < 1.29 is 4.42 Å². The molecule has 0 bridgehead atoms. The maximum Gasteiger partial charge on any atom is 0.209 e. The minimum absolute atomic E-state index is 0.635. The third kappa shape index (κ3) is 2.62. The molecule has 3 aromatic rings. The van der Waals surface area contributed by atoms with Crippen LogP contribution in [0, 0.1) is 0 Å². The van der Waals surface area contributed by atoms with Gasteiger partial charge in [-0.1, -0.05) is 6.07 Å². The molecule has 102 valence electrons. The number of fused-ring (bicyclic) bond motifs is 1. The molecule has 20 heavy (non-hydrogen) atoms. The lowest BCUT2D eigenvalue weighted by atomic mass is 10.2. The molecule has 0 aliphatic carbocycles. The lowest BCUT2D eigenvalue weighted by Gasteiger charge is -2.13. The van der Waals surface area contributed by atoms with E-state index in [0.29, 0.717) is 18.1 Å². The van der Waals surface area contributed by atoms with E-state index in [4.69, 9.17) is 10.2 Å². The summed E-state index contributed by atoms with van der Waals surface area (Å²) in [6.07, 6.45) is 3.59. The normalized spacial score (nSPS) is 11.3. The number of rotatable bonds is 4. The van der Waals surface area contributed by atoms with Crippen molar-refractivity contribution in [3.63, 3.8) is 0 Å². The summed E-state index contributed by atoms with van der Waals surface area (Å²) in [6, 6.07) is 9.58. The van der Waals surface area contributed by atoms with Crippen LogP contribution in [-0.2, 0) is 13.1 Å². The van der Waals surface area contributed by atoms with Crippen molar-refractivity contribution in [3.05, 3.63) is 54.2 Å². The number of oxazole rings is 1. The zero-order chi connectivity index (χ0) is 13.9. The van der Waals surface area contributed by atoms with E-state index in [1.54, 1.807) is 12.4 Å². The number of nitrogens with zero attached hydrogens (tertiary/aromatic N) is 3. The van der Waals surface area contributed by atoms with Crippen molar-refractivity contribution in [1.29, 1.82) is 0 Å². The lowest BCUT2D eigenvalue weighted by Crippen LogP contribution is -2.17. The van der Waals surface area contributed by atoms with Gasteiger partial charge in [0.05, 0.1) is 12.2 Å². The highest BCUT2D eigenvalue weighted by Gasteiger charge is 2.10. The number of hydrogen-bond acceptors (Lipinski definition) is 5. The quantitative estimate of drug-likeness (QED) is 0.736. The molecule has 5 nitrogen and oxygen atoms in total. The highest BCUT2D eigenvalue weighted by Crippen LogP contribution is 2.21. The number of nitrogen functional groups attached to an aromatic ring is 1. The van der Waals surface area contributed by atoms with E-state index in [1.165, 1.54) is 5.56 Å². The second-order valence-corrected chi connectivity index (χ2v) is 4.83. The topological polar surface area (TPSA) is 68.2 Å². The molecule has 0 unspecified atom stereocenters. The van der Waals surface area contributed by atoms with Crippen LogP contribution in [0.1, 0.15) is 11.5 Å². The number of aromatic nitrogens is 2. The fourth-order valence-corrected chi connectivity index (χ4v) is 2.17. The van der Waals surface area contributed by atoms with Crippen LogP contribution in [0.15, 0.2) is 47.1 Å². The van der Waals surface area contributed by atoms with Gasteiger partial charge in [-0.25, -0.2) is 4.98 Å². The summed E-state index contributed by atoms with van der Waals surface area (Å²) in [6.45, 7) is 1.45. The monoisotopic (exact) mass is 268 g/mol. The van der Waals surface area contributed by atoms with Crippen molar-refractivity contribution in [2.75, 3.05) is 12.8 Å². The number of pyridine rings is 1. The maximum atomic E-state index is 5.88. The molecule has 0 saturated heterocycles. The molecule has 0 aliphatic rings. The van der Waals surface area contributed by atoms with Gasteiger partial charge < -0.3 is 10.2 Å². The van der Waals surface area contributed by atoms with Crippen LogP contribution in [0.2, 0.25) is 0 Å². The summed E-state index contributed by atoms with van der Waals surface area (Å²) >= 11 is 0. The zero-order valence-electron chi connectivity index (χ0n) is 11.3. The molecule has 0 aliphatic heterocycles. The van der Waals surface area contributed by atoms with Crippen molar-refractivity contribution >= 4 is 16.8 Å². The van der Waals surface area contributed by atoms with Crippen LogP contribution in [0.5, 0.6) is 0 Å². The van der Waals surface area contributed by atoms with Crippen LogP contribution >= 0.6 is 0 Å². The van der Waals surface area contributed by atoms with Crippen LogP contribution in [0.25, 0.3) is 11.1 Å². The first-order valence-electron chi connectivity index (χ1n) is 6.44. The van der Waals surface area contributed by atoms with Gasteiger partial charge in [-0.3, -0.25) is 9.88 Å². The van der Waals surface area contributed by atoms with Gasteiger partial charge in [0.15, 0.2) is 5.58 Å². The fraction of sp³-hybridized carbons (Fsp3) is 0.200. The van der Waals surface area contributed by atoms with E-state index >= 15 is 0 Å². The standard InChI is InChI=1S/C15H16N4O/c1-19(9-11-5-7-17-8-6-11)10-14-18-15-12(16)3-2-4-13(15)20-14/h2-8H,9-10,16H2,1H3. The highest BCUT2D eigenvalue weighted by atomic mass is 16.3. The third-order valence-electron chi connectivity index (χ3n) is 3.10. The van der Waals surface area contributed by atoms with E-state index in [-0.39, 0.29) is 0 Å². The number of anilines is 1. The molecule has 3 rings (SSSR count). The smallest absolute Gasteiger partial charge is 0.209 e. The van der Waals surface area contributed by atoms with Crippen LogP contribution in [0.4, 0.5) is 5.69 Å². The Hall–Kier alpha value is -2.40. The van der Waals surface area contributed by atoms with E-state index in [1.807, 2.05) is 37.4 Å². The molecular formula is C15H16N4O. The van der Waals surface area contributed by atoms with Crippen LogP contribution in [0.3, 0.4) is 0 Å². The minimum Gasteiger partial charge on any atom is -0.439 e. The summed E-state index contributed by atoms with van der Waals surface area (Å²) < 4.78 is 5.71. The van der Waals surface area contributed by atoms with Crippen LogP contribution < -0.4 is 5.73 Å². The summed E-state index contributed by atoms with van der Waals surface area (Å²) in [5, 5.41) is 0. The van der Waals surface area contributed by atoms with E-state index in [9.17, 15) is 0 Å². The Morgan fingerprint density at radius 1 is 1.15 bits per heavy atom. The second kappa shape index (κ2) is 5.30. The molecule has 2 aromatic heterocycles. The SMILES string of the molecule is CN(Cc1ccncc1)Cc1nc2c(N)cccc2o1.